The van der Waals surface area contributed by atoms with Crippen molar-refractivity contribution in [3.8, 4) is 6.07 Å². The van der Waals surface area contributed by atoms with Crippen LogP contribution in [0.25, 0.3) is 0 Å². The lowest BCUT2D eigenvalue weighted by molar-refractivity contribution is -0.360. The number of halogens is 1. The molecule has 116 heavy (non-hydrogen) atoms. The van der Waals surface area contributed by atoms with Crippen molar-refractivity contribution >= 4 is 131 Å². The number of aliphatic hydroxyl groups is 1. The number of benzene rings is 14. The second-order valence-electron chi connectivity index (χ2n) is 26.5. The molecule has 15 rings (SSSR count). The van der Waals surface area contributed by atoms with E-state index >= 15 is 0 Å². The average Bonchev–Trinajstić information content (AvgIpc) is 0.737. The maximum absolute atomic E-state index is 12.2. The molecule has 1 fully saturated rings. The number of esters is 4. The Hall–Kier alpha value is -11.6. The number of hydrogen-bond acceptors (Lipinski definition) is 11. The van der Waals surface area contributed by atoms with Crippen LogP contribution in [0.5, 0.6) is 0 Å². The maximum atomic E-state index is 12.2. The number of ether oxygens (including phenoxy) is 5. The van der Waals surface area contributed by atoms with Crippen LogP contribution in [0.2, 0.25) is 5.02 Å². The summed E-state index contributed by atoms with van der Waals surface area (Å²) in [5.74, 6) is -5.63. The molecule has 0 bridgehead atoms. The maximum Gasteiger partial charge on any atom is 0.303 e. The lowest BCUT2D eigenvalue weighted by Gasteiger charge is -2.48. The van der Waals surface area contributed by atoms with Crippen molar-refractivity contribution in [1.29, 1.82) is 5.26 Å². The van der Waals surface area contributed by atoms with Gasteiger partial charge in [-0.3, -0.25) is 19.2 Å². The topological polar surface area (TPSA) is 158 Å². The highest BCUT2D eigenvalue weighted by Crippen LogP contribution is 2.43. The number of carbonyl (C=O) groups is 4. The molecule has 5 atom stereocenters. The van der Waals surface area contributed by atoms with Crippen LogP contribution in [0.4, 0.5) is 0 Å². The monoisotopic (exact) mass is 1620 g/mol. The van der Waals surface area contributed by atoms with Gasteiger partial charge in [-0.25, -0.2) is 0 Å². The van der Waals surface area contributed by atoms with Gasteiger partial charge in [0.15, 0.2) is 12.2 Å². The van der Waals surface area contributed by atoms with Crippen LogP contribution in [-0.4, -0.2) is 60.0 Å². The van der Waals surface area contributed by atoms with E-state index < -0.39 is 92.4 Å². The summed E-state index contributed by atoms with van der Waals surface area (Å²) in [5.41, 5.74) is 1.91. The van der Waals surface area contributed by atoms with Crippen LogP contribution in [0, 0.1) is 11.3 Å². The number of nitrogens with zero attached hydrogens (tertiary/aromatic N) is 1. The van der Waals surface area contributed by atoms with Crippen molar-refractivity contribution in [2.24, 2.45) is 0 Å². The van der Waals surface area contributed by atoms with E-state index in [1.54, 1.807) is 24.3 Å². The summed E-state index contributed by atoms with van der Waals surface area (Å²) in [7, 11) is -1.78. The number of hydrogen-bond donors (Lipinski definition) is 1. The minimum absolute atomic E-state index is 0.0676. The van der Waals surface area contributed by atoms with Crippen molar-refractivity contribution in [3.05, 3.63) is 434 Å². The second-order valence-corrected chi connectivity index (χ2v) is 35.8. The van der Waals surface area contributed by atoms with Crippen molar-refractivity contribution in [2.45, 2.75) is 64.3 Å². The van der Waals surface area contributed by atoms with Crippen molar-refractivity contribution < 1.29 is 48.0 Å². The first-order valence-corrected chi connectivity index (χ1v) is 43.5. The summed E-state index contributed by atoms with van der Waals surface area (Å²) in [6.07, 6.45) is -5.73. The third kappa shape index (κ3) is 24.5. The predicted octanol–water partition coefficient (Wildman–Crippen LogP) is 16.5. The fourth-order valence-electron chi connectivity index (χ4n) is 13.1. The van der Waals surface area contributed by atoms with Gasteiger partial charge < -0.3 is 28.8 Å². The van der Waals surface area contributed by atoms with Gasteiger partial charge in [0.25, 0.3) is 0 Å². The van der Waals surface area contributed by atoms with Gasteiger partial charge in [-0.05, 0) is 137 Å². The zero-order chi connectivity index (χ0) is 81.3. The molecule has 11 nitrogen and oxygen atoms in total. The Morgan fingerprint density at radius 3 is 0.836 bits per heavy atom. The number of nitriles is 1. The molecule has 0 unspecified atom stereocenters. The highest BCUT2D eigenvalue weighted by molar-refractivity contribution is 7.81. The van der Waals surface area contributed by atoms with Crippen molar-refractivity contribution in [3.63, 3.8) is 0 Å². The Balaban J connectivity index is 0.000000149. The molecular formula is C100H88ClNO10P4. The van der Waals surface area contributed by atoms with Crippen LogP contribution in [-0.2, 0) is 55.1 Å². The van der Waals surface area contributed by atoms with Crippen LogP contribution in [0.15, 0.2) is 406 Å². The van der Waals surface area contributed by atoms with Crippen LogP contribution >= 0.6 is 43.3 Å². The third-order valence-electron chi connectivity index (χ3n) is 18.2. The van der Waals surface area contributed by atoms with Gasteiger partial charge in [0, 0.05) is 38.3 Å². The van der Waals surface area contributed by atoms with Gasteiger partial charge in [-0.1, -0.05) is 394 Å². The minimum atomic E-state index is -2.47. The molecule has 0 spiro atoms. The quantitative estimate of drug-likeness (QED) is 0.0440. The minimum Gasteiger partial charge on any atom is -0.463 e. The van der Waals surface area contributed by atoms with E-state index in [1.165, 1.54) is 81.9 Å². The standard InChI is InChI=1S/C28H28ClNO10.4C18H15P/c1-15(31)36-14-24-25(37-16(2)32)26(38-17(3)33)27(39-18(4)34)28(35,40-24)22-9-10-23(29)21(12-22)11-19-5-7-20(13-30)8-6-19;4*1-4-10-16(11-5-1)19(17-12-6-2-7-13-17)18-14-8-3-9-15-18/h5-10,12,24-27,35H,11,14H2,1-4H3;4*1-15H/t24-,25-,26+,27-,28-;;;;/m1..../s1. The molecule has 0 saturated carbocycles. The lowest BCUT2D eigenvalue weighted by atomic mass is 9.86. The Morgan fingerprint density at radius 1 is 0.353 bits per heavy atom. The molecule has 14 aromatic rings. The lowest BCUT2D eigenvalue weighted by Crippen LogP contribution is -2.66. The van der Waals surface area contributed by atoms with E-state index in [-0.39, 0.29) is 5.56 Å². The van der Waals surface area contributed by atoms with Gasteiger partial charge >= 0.3 is 23.9 Å². The van der Waals surface area contributed by atoms with Gasteiger partial charge in [0.05, 0.1) is 11.6 Å². The Kier molecular flexibility index (Phi) is 32.6. The van der Waals surface area contributed by atoms with E-state index in [0.29, 0.717) is 22.6 Å². The van der Waals surface area contributed by atoms with Crippen molar-refractivity contribution in [1.82, 2.24) is 0 Å². The first-order chi connectivity index (χ1) is 56.6. The van der Waals surface area contributed by atoms with Gasteiger partial charge in [0.1, 0.15) is 12.7 Å². The highest BCUT2D eigenvalue weighted by atomic mass is 35.5. The molecule has 16 heteroatoms. The summed E-state index contributed by atoms with van der Waals surface area (Å²) < 4.78 is 27.2. The molecule has 1 aliphatic heterocycles. The fourth-order valence-corrected chi connectivity index (χ4v) is 22.5. The molecule has 580 valence electrons. The van der Waals surface area contributed by atoms with E-state index in [9.17, 15) is 24.3 Å². The molecule has 0 aliphatic carbocycles. The van der Waals surface area contributed by atoms with Gasteiger partial charge in [-0.2, -0.15) is 5.26 Å². The average molecular weight is 1620 g/mol. The Bertz CT molecular complexity index is 4510. The molecule has 0 aromatic heterocycles. The molecule has 1 heterocycles. The van der Waals surface area contributed by atoms with Crippen molar-refractivity contribution in [2.75, 3.05) is 6.61 Å². The first kappa shape index (κ1) is 85.3. The summed E-state index contributed by atoms with van der Waals surface area (Å²) in [4.78, 5) is 47.8. The van der Waals surface area contributed by atoms with Gasteiger partial charge in [0.2, 0.25) is 11.9 Å². The summed E-state index contributed by atoms with van der Waals surface area (Å²) >= 11 is 6.46. The van der Waals surface area contributed by atoms with E-state index in [2.05, 4.69) is 364 Å². The van der Waals surface area contributed by atoms with E-state index in [0.717, 1.165) is 33.3 Å². The molecule has 1 saturated heterocycles. The Morgan fingerprint density at radius 2 is 0.603 bits per heavy atom. The first-order valence-electron chi connectivity index (χ1n) is 37.8. The zero-order valence-electron chi connectivity index (χ0n) is 64.6. The number of carbonyl (C=O) groups excluding carboxylic acids is 4. The van der Waals surface area contributed by atoms with Crippen LogP contribution in [0.3, 0.4) is 0 Å². The number of rotatable bonds is 20. The molecular weight excluding hydrogens is 1530 g/mol. The molecule has 0 radical (unpaired) electrons. The smallest absolute Gasteiger partial charge is 0.303 e. The molecule has 0 amide bonds. The largest absolute Gasteiger partial charge is 0.463 e. The summed E-state index contributed by atoms with van der Waals surface area (Å²) in [5, 5.41) is 38.2. The Labute approximate surface area is 690 Å². The fraction of sp³-hybridized carbons (Fsp3) is 0.110. The van der Waals surface area contributed by atoms with E-state index in [1.807, 2.05) is 6.07 Å². The third-order valence-corrected chi connectivity index (χ3v) is 28.3. The van der Waals surface area contributed by atoms with E-state index in [4.69, 9.17) is 40.5 Å². The summed E-state index contributed by atoms with van der Waals surface area (Å²) in [6.45, 7) is 3.92. The summed E-state index contributed by atoms with van der Waals surface area (Å²) in [6, 6.07) is 143. The SMILES string of the molecule is CC(=O)OC[C@H]1O[C@](O)(c2ccc(Cl)c(Cc3ccc(C#N)cc3)c2)[C@H](OC(C)=O)[C@@H](OC(C)=O)[C@@H]1OC(C)=O.c1ccc(P(c2ccccc2)c2ccccc2)cc1.c1ccc(P(c2ccccc2)c2ccccc2)cc1.c1ccc(P(c2ccccc2)c2ccccc2)cc1.c1ccc(P(c2ccccc2)c2ccccc2)cc1. The van der Waals surface area contributed by atoms with Crippen LogP contribution in [0.1, 0.15) is 49.9 Å². The second kappa shape index (κ2) is 44.3. The predicted molar refractivity (Wildman–Crippen MR) is 478 cm³/mol. The van der Waals surface area contributed by atoms with Gasteiger partial charge in [-0.15, -0.1) is 0 Å². The molecule has 1 N–H and O–H groups in total. The normalized spacial score (nSPS) is 15.1. The molecule has 1 aliphatic rings. The zero-order valence-corrected chi connectivity index (χ0v) is 69.0. The van der Waals surface area contributed by atoms with Crippen LogP contribution < -0.4 is 63.7 Å². The molecule has 14 aromatic carbocycles. The highest BCUT2D eigenvalue weighted by Gasteiger charge is 2.60.